The van der Waals surface area contributed by atoms with E-state index in [1.54, 1.807) is 25.1 Å². The van der Waals surface area contributed by atoms with Gasteiger partial charge in [0.05, 0.1) is 5.33 Å². The summed E-state index contributed by atoms with van der Waals surface area (Å²) >= 11 is 2.88. The van der Waals surface area contributed by atoms with Crippen molar-refractivity contribution < 1.29 is 18.0 Å². The predicted molar refractivity (Wildman–Crippen MR) is 70.2 cm³/mol. The largest absolute Gasteiger partial charge is 0.446 e. The summed E-state index contributed by atoms with van der Waals surface area (Å²) in [5, 5.41) is 0.152. The molecule has 18 heavy (non-hydrogen) atoms. The minimum atomic E-state index is -4.34. The molecule has 0 N–H and O–H groups in total. The van der Waals surface area contributed by atoms with Crippen LogP contribution in [-0.2, 0) is 17.6 Å². The molecule has 0 aliphatic rings. The summed E-state index contributed by atoms with van der Waals surface area (Å²) in [5.74, 6) is -0.132. The quantitative estimate of drug-likeness (QED) is 0.584. The average molecular weight is 341 g/mol. The normalized spacial score (nSPS) is 11.6. The van der Waals surface area contributed by atoms with Crippen molar-refractivity contribution in [2.45, 2.75) is 30.2 Å². The number of thioether (sulfide) groups is 1. The maximum Gasteiger partial charge on any atom is 0.446 e. The molecule has 0 fully saturated rings. The van der Waals surface area contributed by atoms with Crippen LogP contribution in [0.2, 0.25) is 0 Å². The number of alkyl halides is 4. The van der Waals surface area contributed by atoms with Crippen molar-refractivity contribution >= 4 is 33.5 Å². The molecule has 0 heterocycles. The monoisotopic (exact) mass is 340 g/mol. The van der Waals surface area contributed by atoms with Crippen LogP contribution in [0.5, 0.6) is 0 Å². The van der Waals surface area contributed by atoms with Crippen LogP contribution in [0.4, 0.5) is 13.2 Å². The van der Waals surface area contributed by atoms with Crippen LogP contribution in [0.1, 0.15) is 18.1 Å². The van der Waals surface area contributed by atoms with Gasteiger partial charge in [-0.05, 0) is 29.3 Å². The third kappa shape index (κ3) is 4.65. The Balaban J connectivity index is 3.12. The summed E-state index contributed by atoms with van der Waals surface area (Å²) in [4.78, 5) is 11.5. The molecule has 1 aromatic carbocycles. The van der Waals surface area contributed by atoms with Gasteiger partial charge >= 0.3 is 5.51 Å². The number of carbonyl (C=O) groups is 1. The molecule has 0 aliphatic carbocycles. The first-order valence-corrected chi connectivity index (χ1v) is 7.25. The molecule has 0 atom stereocenters. The van der Waals surface area contributed by atoms with Gasteiger partial charge in [0.2, 0.25) is 0 Å². The SMILES string of the molecule is CCc1cccc(CC(=O)CBr)c1SC(F)(F)F. The van der Waals surface area contributed by atoms with Crippen LogP contribution >= 0.6 is 27.7 Å². The van der Waals surface area contributed by atoms with Crippen molar-refractivity contribution in [3.63, 3.8) is 0 Å². The molecule has 0 saturated carbocycles. The van der Waals surface area contributed by atoms with Crippen LogP contribution in [0.25, 0.3) is 0 Å². The van der Waals surface area contributed by atoms with Gasteiger partial charge in [0, 0.05) is 11.3 Å². The maximum absolute atomic E-state index is 12.5. The van der Waals surface area contributed by atoms with Crippen LogP contribution < -0.4 is 0 Å². The van der Waals surface area contributed by atoms with E-state index in [0.29, 0.717) is 17.5 Å². The lowest BCUT2D eigenvalue weighted by atomic mass is 10.0. The summed E-state index contributed by atoms with van der Waals surface area (Å²) in [6.07, 6.45) is 0.534. The van der Waals surface area contributed by atoms with Crippen molar-refractivity contribution in [3.8, 4) is 0 Å². The van der Waals surface area contributed by atoms with Gasteiger partial charge in [-0.2, -0.15) is 13.2 Å². The van der Waals surface area contributed by atoms with Crippen LogP contribution in [0, 0.1) is 0 Å². The number of benzene rings is 1. The van der Waals surface area contributed by atoms with Gasteiger partial charge in [-0.3, -0.25) is 4.79 Å². The van der Waals surface area contributed by atoms with Gasteiger partial charge in [0.15, 0.2) is 0 Å². The van der Waals surface area contributed by atoms with Crippen LogP contribution in [-0.4, -0.2) is 16.6 Å². The van der Waals surface area contributed by atoms with Crippen molar-refractivity contribution in [3.05, 3.63) is 29.3 Å². The van der Waals surface area contributed by atoms with Gasteiger partial charge in [-0.25, -0.2) is 0 Å². The fraction of sp³-hybridized carbons (Fsp3) is 0.417. The molecule has 0 bridgehead atoms. The second kappa shape index (κ2) is 6.61. The zero-order chi connectivity index (χ0) is 13.8. The molecule has 100 valence electrons. The lowest BCUT2D eigenvalue weighted by molar-refractivity contribution is -0.115. The Morgan fingerprint density at radius 1 is 1.33 bits per heavy atom. The number of aryl methyl sites for hydroxylation is 1. The summed E-state index contributed by atoms with van der Waals surface area (Å²) in [5.41, 5.74) is -3.27. The maximum atomic E-state index is 12.5. The van der Waals surface area contributed by atoms with E-state index in [2.05, 4.69) is 15.9 Å². The average Bonchev–Trinajstić information content (AvgIpc) is 2.29. The number of Topliss-reactive ketones (excluding diaryl/α,β-unsaturated/α-hetero) is 1. The molecule has 6 heteroatoms. The van der Waals surface area contributed by atoms with E-state index in [9.17, 15) is 18.0 Å². The Hall–Kier alpha value is -0.490. The van der Waals surface area contributed by atoms with E-state index in [1.807, 2.05) is 0 Å². The highest BCUT2D eigenvalue weighted by molar-refractivity contribution is 9.09. The zero-order valence-electron chi connectivity index (χ0n) is 9.68. The molecule has 1 rings (SSSR count). The Kier molecular flexibility index (Phi) is 5.72. The summed E-state index contributed by atoms with van der Waals surface area (Å²) in [7, 11) is 0. The highest BCUT2D eigenvalue weighted by atomic mass is 79.9. The molecule has 0 aliphatic heterocycles. The molecular formula is C12H12BrF3OS. The van der Waals surface area contributed by atoms with Crippen LogP contribution in [0.3, 0.4) is 0 Å². The molecular weight excluding hydrogens is 329 g/mol. The number of ketones is 1. The van der Waals surface area contributed by atoms with Gasteiger partial charge < -0.3 is 0 Å². The Morgan fingerprint density at radius 2 is 1.94 bits per heavy atom. The van der Waals surface area contributed by atoms with Crippen molar-refractivity contribution in [2.75, 3.05) is 5.33 Å². The lowest BCUT2D eigenvalue weighted by Gasteiger charge is -2.14. The molecule has 0 aromatic heterocycles. The smallest absolute Gasteiger partial charge is 0.298 e. The molecule has 0 amide bonds. The zero-order valence-corrected chi connectivity index (χ0v) is 12.1. The van der Waals surface area contributed by atoms with E-state index in [0.717, 1.165) is 0 Å². The second-order valence-corrected chi connectivity index (χ2v) is 5.29. The first-order valence-electron chi connectivity index (χ1n) is 5.31. The van der Waals surface area contributed by atoms with Gasteiger partial charge in [0.1, 0.15) is 5.78 Å². The number of halogens is 4. The number of hydrogen-bond acceptors (Lipinski definition) is 2. The van der Waals surface area contributed by atoms with Gasteiger partial charge in [-0.1, -0.05) is 41.1 Å². The van der Waals surface area contributed by atoms with Crippen molar-refractivity contribution in [1.29, 1.82) is 0 Å². The summed E-state index contributed by atoms with van der Waals surface area (Å²) < 4.78 is 37.6. The Bertz CT molecular complexity index is 432. The van der Waals surface area contributed by atoms with Gasteiger partial charge in [0.25, 0.3) is 0 Å². The minimum absolute atomic E-state index is 0.0253. The Morgan fingerprint density at radius 3 is 2.44 bits per heavy atom. The molecule has 1 aromatic rings. The minimum Gasteiger partial charge on any atom is -0.298 e. The van der Waals surface area contributed by atoms with Crippen molar-refractivity contribution in [2.24, 2.45) is 0 Å². The fourth-order valence-corrected chi connectivity index (χ4v) is 2.61. The van der Waals surface area contributed by atoms with E-state index < -0.39 is 5.51 Å². The molecule has 1 nitrogen and oxygen atoms in total. The Labute approximate surface area is 116 Å². The van der Waals surface area contributed by atoms with E-state index in [4.69, 9.17) is 0 Å². The van der Waals surface area contributed by atoms with E-state index >= 15 is 0 Å². The molecule has 0 unspecified atom stereocenters. The van der Waals surface area contributed by atoms with Crippen LogP contribution in [0.15, 0.2) is 23.1 Å². The highest BCUT2D eigenvalue weighted by Gasteiger charge is 2.31. The highest BCUT2D eigenvalue weighted by Crippen LogP contribution is 2.40. The van der Waals surface area contributed by atoms with E-state index in [1.165, 1.54) is 0 Å². The van der Waals surface area contributed by atoms with E-state index in [-0.39, 0.29) is 34.2 Å². The number of carbonyl (C=O) groups excluding carboxylic acids is 1. The van der Waals surface area contributed by atoms with Gasteiger partial charge in [-0.15, -0.1) is 0 Å². The first kappa shape index (κ1) is 15.6. The predicted octanol–water partition coefficient (Wildman–Crippen LogP) is 4.37. The lowest BCUT2D eigenvalue weighted by Crippen LogP contribution is -2.08. The summed E-state index contributed by atoms with van der Waals surface area (Å²) in [6.45, 7) is 1.80. The third-order valence-corrected chi connectivity index (χ3v) is 3.90. The summed E-state index contributed by atoms with van der Waals surface area (Å²) in [6, 6.07) is 4.93. The third-order valence-electron chi connectivity index (χ3n) is 2.31. The fourth-order valence-electron chi connectivity index (χ4n) is 1.56. The second-order valence-electron chi connectivity index (χ2n) is 3.66. The number of hydrogen-bond donors (Lipinski definition) is 0. The van der Waals surface area contributed by atoms with Crippen molar-refractivity contribution in [1.82, 2.24) is 0 Å². The molecule has 0 spiro atoms. The standard InChI is InChI=1S/C12H12BrF3OS/c1-2-8-4-3-5-9(6-10(17)7-13)11(8)18-12(14,15)16/h3-5H,2,6-7H2,1H3. The molecule has 0 radical (unpaired) electrons. The number of rotatable bonds is 5. The first-order chi connectivity index (χ1) is 8.37. The molecule has 0 saturated heterocycles. The topological polar surface area (TPSA) is 17.1 Å².